The van der Waals surface area contributed by atoms with Gasteiger partial charge in [0.15, 0.2) is 0 Å². The second kappa shape index (κ2) is 6.84. The van der Waals surface area contributed by atoms with Crippen LogP contribution >= 0.6 is 0 Å². The molecule has 2 fully saturated rings. The van der Waals surface area contributed by atoms with E-state index in [4.69, 9.17) is 4.74 Å². The van der Waals surface area contributed by atoms with Crippen LogP contribution in [0.5, 0.6) is 5.75 Å². The maximum absolute atomic E-state index is 12.8. The zero-order valence-corrected chi connectivity index (χ0v) is 18.1. The Labute approximate surface area is 178 Å². The predicted octanol–water partition coefficient (Wildman–Crippen LogP) is 4.05. The number of benzene rings is 2. The van der Waals surface area contributed by atoms with Gasteiger partial charge in [-0.15, -0.1) is 0 Å². The number of fused-ring (bicyclic) bond motifs is 4. The number of piperidine rings is 1. The van der Waals surface area contributed by atoms with Gasteiger partial charge in [0, 0.05) is 12.6 Å². The smallest absolute Gasteiger partial charge is 0.316 e. The quantitative estimate of drug-likeness (QED) is 0.780. The number of ether oxygens (including phenoxy) is 1. The Morgan fingerprint density at radius 3 is 2.73 bits per heavy atom. The summed E-state index contributed by atoms with van der Waals surface area (Å²) in [5.74, 6) is 1.07. The first-order chi connectivity index (χ1) is 14.4. The molecule has 4 heteroatoms. The second-order valence-corrected chi connectivity index (χ2v) is 9.79. The maximum atomic E-state index is 12.8. The lowest BCUT2D eigenvalue weighted by Crippen LogP contribution is -2.58. The standard InChI is InChI=1S/C26H31NO3/c1-17-23-13-18-9-10-21(28)14-22(18)25(17,2)11-12-27(23)16-20-15-26(20,24(29)30-3)19-7-5-4-6-8-19/h4-10,14,17,20,23,28H,11-13,15-16H2,1-3H3/t17-,20+,23+,25+,26-/m0/s1. The number of hydrogen-bond donors (Lipinski definition) is 1. The molecule has 2 aromatic rings. The van der Waals surface area contributed by atoms with Gasteiger partial charge in [-0.1, -0.05) is 50.2 Å². The summed E-state index contributed by atoms with van der Waals surface area (Å²) in [6.45, 7) is 6.69. The lowest BCUT2D eigenvalue weighted by atomic mass is 9.59. The summed E-state index contributed by atoms with van der Waals surface area (Å²) in [5.41, 5.74) is 3.38. The van der Waals surface area contributed by atoms with E-state index in [9.17, 15) is 9.90 Å². The van der Waals surface area contributed by atoms with Crippen LogP contribution in [0, 0.1) is 11.8 Å². The Morgan fingerprint density at radius 1 is 1.23 bits per heavy atom. The minimum atomic E-state index is -0.488. The largest absolute Gasteiger partial charge is 0.508 e. The molecule has 3 aliphatic rings. The van der Waals surface area contributed by atoms with Gasteiger partial charge >= 0.3 is 5.97 Å². The molecule has 2 bridgehead atoms. The van der Waals surface area contributed by atoms with Gasteiger partial charge in [-0.3, -0.25) is 9.69 Å². The summed E-state index contributed by atoms with van der Waals surface area (Å²) < 4.78 is 5.25. The van der Waals surface area contributed by atoms with Gasteiger partial charge in [0.2, 0.25) is 0 Å². The van der Waals surface area contributed by atoms with Crippen LogP contribution in [0.25, 0.3) is 0 Å². The topological polar surface area (TPSA) is 49.8 Å². The first-order valence-corrected chi connectivity index (χ1v) is 11.1. The number of carbonyl (C=O) groups is 1. The van der Waals surface area contributed by atoms with Gasteiger partial charge < -0.3 is 9.84 Å². The Bertz CT molecular complexity index is 973. The van der Waals surface area contributed by atoms with Crippen molar-refractivity contribution in [3.63, 3.8) is 0 Å². The summed E-state index contributed by atoms with van der Waals surface area (Å²) >= 11 is 0. The number of likely N-dealkylation sites (tertiary alicyclic amines) is 1. The van der Waals surface area contributed by atoms with E-state index in [-0.39, 0.29) is 11.4 Å². The SMILES string of the molecule is COC(=O)[C@]1(c2ccccc2)C[C@@H]1CN1CC[C@@]2(C)c3cc(O)ccc3C[C@@H]1[C@@H]2C. The number of nitrogens with zero attached hydrogens (tertiary/aromatic N) is 1. The Morgan fingerprint density at radius 2 is 2.00 bits per heavy atom. The Kier molecular flexibility index (Phi) is 4.48. The van der Waals surface area contributed by atoms with Crippen molar-refractivity contribution >= 4 is 5.97 Å². The van der Waals surface area contributed by atoms with Crippen LogP contribution in [-0.2, 0) is 26.8 Å². The fraction of sp³-hybridized carbons (Fsp3) is 0.500. The molecule has 4 nitrogen and oxygen atoms in total. The van der Waals surface area contributed by atoms with E-state index in [1.165, 1.54) is 18.2 Å². The van der Waals surface area contributed by atoms with Crippen LogP contribution in [0.3, 0.4) is 0 Å². The molecular formula is C26H31NO3. The van der Waals surface area contributed by atoms with Gasteiger partial charge in [0.1, 0.15) is 5.75 Å². The molecule has 1 saturated heterocycles. The maximum Gasteiger partial charge on any atom is 0.316 e. The molecule has 0 aromatic heterocycles. The molecular weight excluding hydrogens is 374 g/mol. The third kappa shape index (κ3) is 2.73. The Hall–Kier alpha value is -2.33. The average molecular weight is 406 g/mol. The molecule has 1 N–H and O–H groups in total. The molecule has 158 valence electrons. The first kappa shape index (κ1) is 19.6. The number of carbonyl (C=O) groups excluding carboxylic acids is 1. The minimum absolute atomic E-state index is 0.0932. The van der Waals surface area contributed by atoms with E-state index < -0.39 is 5.41 Å². The molecule has 5 rings (SSSR count). The number of hydrogen-bond acceptors (Lipinski definition) is 4. The molecule has 0 amide bonds. The van der Waals surface area contributed by atoms with Crippen molar-refractivity contribution in [2.75, 3.05) is 20.2 Å². The molecule has 0 radical (unpaired) electrons. The van der Waals surface area contributed by atoms with Gasteiger partial charge in [0.25, 0.3) is 0 Å². The monoisotopic (exact) mass is 405 g/mol. The highest BCUT2D eigenvalue weighted by atomic mass is 16.5. The normalized spacial score (nSPS) is 34.8. The number of rotatable bonds is 4. The number of aromatic hydroxyl groups is 1. The van der Waals surface area contributed by atoms with Crippen molar-refractivity contribution in [3.05, 3.63) is 65.2 Å². The molecule has 30 heavy (non-hydrogen) atoms. The van der Waals surface area contributed by atoms with Crippen LogP contribution in [0.1, 0.15) is 43.4 Å². The van der Waals surface area contributed by atoms with Crippen LogP contribution in [0.4, 0.5) is 0 Å². The lowest BCUT2D eigenvalue weighted by molar-refractivity contribution is -0.144. The third-order valence-electron chi connectivity index (χ3n) is 8.51. The minimum Gasteiger partial charge on any atom is -0.508 e. The van der Waals surface area contributed by atoms with Gasteiger partial charge in [-0.25, -0.2) is 0 Å². The van der Waals surface area contributed by atoms with Gasteiger partial charge in [-0.05, 0) is 71.9 Å². The van der Waals surface area contributed by atoms with E-state index >= 15 is 0 Å². The fourth-order valence-corrected chi connectivity index (χ4v) is 6.39. The van der Waals surface area contributed by atoms with Gasteiger partial charge in [-0.2, -0.15) is 0 Å². The number of esters is 1. The first-order valence-electron chi connectivity index (χ1n) is 11.1. The van der Waals surface area contributed by atoms with Crippen molar-refractivity contribution in [1.29, 1.82) is 0 Å². The third-order valence-corrected chi connectivity index (χ3v) is 8.51. The van der Waals surface area contributed by atoms with E-state index in [2.05, 4.69) is 36.9 Å². The van der Waals surface area contributed by atoms with E-state index in [0.717, 1.165) is 37.9 Å². The van der Waals surface area contributed by atoms with Crippen LogP contribution in [0.2, 0.25) is 0 Å². The van der Waals surface area contributed by atoms with E-state index in [1.807, 2.05) is 30.3 Å². The molecule has 5 atom stereocenters. The highest BCUT2D eigenvalue weighted by Crippen LogP contribution is 2.57. The summed E-state index contributed by atoms with van der Waals surface area (Å²) in [7, 11) is 1.50. The van der Waals surface area contributed by atoms with Crippen molar-refractivity contribution in [2.24, 2.45) is 11.8 Å². The van der Waals surface area contributed by atoms with E-state index in [1.54, 1.807) is 0 Å². The summed E-state index contributed by atoms with van der Waals surface area (Å²) in [5, 5.41) is 10.1. The zero-order valence-electron chi connectivity index (χ0n) is 18.1. The molecule has 0 spiro atoms. The summed E-state index contributed by atoms with van der Waals surface area (Å²) in [4.78, 5) is 15.4. The second-order valence-electron chi connectivity index (χ2n) is 9.79. The predicted molar refractivity (Wildman–Crippen MR) is 117 cm³/mol. The molecule has 2 aliphatic carbocycles. The van der Waals surface area contributed by atoms with Crippen molar-refractivity contribution in [2.45, 2.75) is 50.0 Å². The van der Waals surface area contributed by atoms with Crippen LogP contribution < -0.4 is 0 Å². The van der Waals surface area contributed by atoms with Crippen molar-refractivity contribution < 1.29 is 14.6 Å². The van der Waals surface area contributed by atoms with Crippen LogP contribution in [-0.4, -0.2) is 42.2 Å². The number of methoxy groups -OCH3 is 1. The lowest BCUT2D eigenvalue weighted by Gasteiger charge is -2.54. The molecule has 1 aliphatic heterocycles. The summed E-state index contributed by atoms with van der Waals surface area (Å²) in [6, 6.07) is 16.5. The van der Waals surface area contributed by atoms with Gasteiger partial charge in [0.05, 0.1) is 12.5 Å². The number of phenols is 1. The van der Waals surface area contributed by atoms with E-state index in [0.29, 0.717) is 23.6 Å². The molecule has 2 aromatic carbocycles. The Balaban J connectivity index is 1.41. The molecule has 1 saturated carbocycles. The molecule has 1 heterocycles. The fourth-order valence-electron chi connectivity index (χ4n) is 6.39. The highest BCUT2D eigenvalue weighted by molar-refractivity contribution is 5.87. The average Bonchev–Trinajstić information content (AvgIpc) is 3.48. The number of phenolic OH excluding ortho intramolecular Hbond substituents is 1. The molecule has 0 unspecified atom stereocenters. The summed E-state index contributed by atoms with van der Waals surface area (Å²) in [6.07, 6.45) is 2.95. The van der Waals surface area contributed by atoms with Crippen molar-refractivity contribution in [1.82, 2.24) is 4.90 Å². The zero-order chi connectivity index (χ0) is 21.1. The van der Waals surface area contributed by atoms with Crippen molar-refractivity contribution in [3.8, 4) is 5.75 Å². The van der Waals surface area contributed by atoms with Crippen LogP contribution in [0.15, 0.2) is 48.5 Å². The highest BCUT2D eigenvalue weighted by Gasteiger charge is 2.63.